The van der Waals surface area contributed by atoms with Gasteiger partial charge in [0.25, 0.3) is 0 Å². The minimum atomic E-state index is 0.550. The van der Waals surface area contributed by atoms with E-state index in [1.54, 1.807) is 25.6 Å². The van der Waals surface area contributed by atoms with Gasteiger partial charge in [-0.1, -0.05) is 0 Å². The Morgan fingerprint density at radius 2 is 1.70 bits per heavy atom. The molecule has 0 aliphatic heterocycles. The Labute approximate surface area is 135 Å². The summed E-state index contributed by atoms with van der Waals surface area (Å²) >= 11 is 0. The standard InChI is InChI=1S/C18H17N3O2/c1-3-23-17-12-14(18-19-9-4-10-20-18)11-16(21-17)13-5-7-15(22-2)8-6-13/h4-12H,3H2,1-2H3. The first kappa shape index (κ1) is 15.0. The van der Waals surface area contributed by atoms with E-state index in [4.69, 9.17) is 9.47 Å². The maximum Gasteiger partial charge on any atom is 0.214 e. The van der Waals surface area contributed by atoms with Gasteiger partial charge in [-0.2, -0.15) is 0 Å². The van der Waals surface area contributed by atoms with Crippen molar-refractivity contribution < 1.29 is 9.47 Å². The summed E-state index contributed by atoms with van der Waals surface area (Å²) in [5, 5.41) is 0. The van der Waals surface area contributed by atoms with E-state index in [2.05, 4.69) is 15.0 Å². The number of methoxy groups -OCH3 is 1. The third kappa shape index (κ3) is 3.45. The highest BCUT2D eigenvalue weighted by molar-refractivity contribution is 5.68. The highest BCUT2D eigenvalue weighted by Crippen LogP contribution is 2.28. The third-order valence-electron chi connectivity index (χ3n) is 3.30. The number of pyridine rings is 1. The fraction of sp³-hybridized carbons (Fsp3) is 0.167. The number of nitrogens with zero attached hydrogens (tertiary/aromatic N) is 3. The van der Waals surface area contributed by atoms with Gasteiger partial charge in [-0.3, -0.25) is 0 Å². The quantitative estimate of drug-likeness (QED) is 0.720. The highest BCUT2D eigenvalue weighted by Gasteiger charge is 2.09. The van der Waals surface area contributed by atoms with Crippen molar-refractivity contribution in [1.82, 2.24) is 15.0 Å². The van der Waals surface area contributed by atoms with E-state index in [-0.39, 0.29) is 0 Å². The van der Waals surface area contributed by atoms with Crippen molar-refractivity contribution in [2.45, 2.75) is 6.92 Å². The van der Waals surface area contributed by atoms with Gasteiger partial charge < -0.3 is 9.47 Å². The maximum atomic E-state index is 5.58. The van der Waals surface area contributed by atoms with Crippen molar-refractivity contribution in [3.63, 3.8) is 0 Å². The fourth-order valence-electron chi connectivity index (χ4n) is 2.21. The third-order valence-corrected chi connectivity index (χ3v) is 3.30. The molecule has 0 fully saturated rings. The zero-order valence-corrected chi connectivity index (χ0v) is 13.1. The summed E-state index contributed by atoms with van der Waals surface area (Å²) in [6, 6.07) is 13.3. The van der Waals surface area contributed by atoms with E-state index < -0.39 is 0 Å². The Morgan fingerprint density at radius 3 is 2.35 bits per heavy atom. The first-order valence-electron chi connectivity index (χ1n) is 7.37. The molecular weight excluding hydrogens is 290 g/mol. The van der Waals surface area contributed by atoms with Gasteiger partial charge in [0.1, 0.15) is 5.75 Å². The van der Waals surface area contributed by atoms with Crippen LogP contribution in [0.15, 0.2) is 54.9 Å². The molecule has 3 rings (SSSR count). The Morgan fingerprint density at radius 1 is 0.957 bits per heavy atom. The summed E-state index contributed by atoms with van der Waals surface area (Å²) in [6.07, 6.45) is 3.44. The summed E-state index contributed by atoms with van der Waals surface area (Å²) in [6.45, 7) is 2.48. The van der Waals surface area contributed by atoms with Crippen molar-refractivity contribution >= 4 is 0 Å². The average Bonchev–Trinajstić information content (AvgIpc) is 2.62. The number of ether oxygens (including phenoxy) is 2. The number of rotatable bonds is 5. The first-order valence-corrected chi connectivity index (χ1v) is 7.37. The van der Waals surface area contributed by atoms with Crippen molar-refractivity contribution in [2.75, 3.05) is 13.7 Å². The van der Waals surface area contributed by atoms with Crippen LogP contribution in [0.2, 0.25) is 0 Å². The molecule has 0 N–H and O–H groups in total. The van der Waals surface area contributed by atoms with Crippen molar-refractivity contribution in [2.24, 2.45) is 0 Å². The molecule has 0 spiro atoms. The van der Waals surface area contributed by atoms with Gasteiger partial charge >= 0.3 is 0 Å². The molecule has 1 aromatic carbocycles. The number of aromatic nitrogens is 3. The second-order valence-electron chi connectivity index (χ2n) is 4.81. The SMILES string of the molecule is CCOc1cc(-c2ncccn2)cc(-c2ccc(OC)cc2)n1. The van der Waals surface area contributed by atoms with Gasteiger partial charge in [-0.25, -0.2) is 15.0 Å². The van der Waals surface area contributed by atoms with E-state index in [0.29, 0.717) is 18.3 Å². The second kappa shape index (κ2) is 6.87. The molecule has 0 radical (unpaired) electrons. The second-order valence-corrected chi connectivity index (χ2v) is 4.81. The fourth-order valence-corrected chi connectivity index (χ4v) is 2.21. The van der Waals surface area contributed by atoms with E-state index in [9.17, 15) is 0 Å². The van der Waals surface area contributed by atoms with Crippen LogP contribution in [0.25, 0.3) is 22.6 Å². The van der Waals surface area contributed by atoms with Crippen LogP contribution in [0, 0.1) is 0 Å². The summed E-state index contributed by atoms with van der Waals surface area (Å²) in [7, 11) is 1.65. The number of hydrogen-bond donors (Lipinski definition) is 0. The highest BCUT2D eigenvalue weighted by atomic mass is 16.5. The average molecular weight is 307 g/mol. The van der Waals surface area contributed by atoms with E-state index in [1.165, 1.54) is 0 Å². The Kier molecular flexibility index (Phi) is 4.47. The van der Waals surface area contributed by atoms with Gasteiger partial charge in [0, 0.05) is 29.6 Å². The molecule has 0 aliphatic rings. The molecule has 0 unspecified atom stereocenters. The van der Waals surface area contributed by atoms with Gasteiger partial charge in [-0.15, -0.1) is 0 Å². The predicted molar refractivity (Wildman–Crippen MR) is 88.4 cm³/mol. The van der Waals surface area contributed by atoms with Crippen LogP contribution < -0.4 is 9.47 Å². The lowest BCUT2D eigenvalue weighted by molar-refractivity contribution is 0.327. The molecule has 5 nitrogen and oxygen atoms in total. The van der Waals surface area contributed by atoms with Crippen LogP contribution in [0.5, 0.6) is 11.6 Å². The topological polar surface area (TPSA) is 57.1 Å². The zero-order valence-electron chi connectivity index (χ0n) is 13.1. The Balaban J connectivity index is 2.06. The summed E-state index contributed by atoms with van der Waals surface area (Å²) in [5.41, 5.74) is 2.65. The molecule has 3 aromatic rings. The molecule has 2 aromatic heterocycles. The minimum absolute atomic E-state index is 0.550. The van der Waals surface area contributed by atoms with Crippen LogP contribution in [0.4, 0.5) is 0 Å². The smallest absolute Gasteiger partial charge is 0.214 e. The normalized spacial score (nSPS) is 10.3. The van der Waals surface area contributed by atoms with Gasteiger partial charge in [0.05, 0.1) is 19.4 Å². The lowest BCUT2D eigenvalue weighted by atomic mass is 10.1. The number of hydrogen-bond acceptors (Lipinski definition) is 5. The molecule has 23 heavy (non-hydrogen) atoms. The minimum Gasteiger partial charge on any atom is -0.497 e. The van der Waals surface area contributed by atoms with Crippen molar-refractivity contribution in [3.05, 3.63) is 54.9 Å². The van der Waals surface area contributed by atoms with Gasteiger partial charge in [0.2, 0.25) is 5.88 Å². The molecule has 2 heterocycles. The summed E-state index contributed by atoms with van der Waals surface area (Å²) < 4.78 is 10.8. The van der Waals surface area contributed by atoms with Crippen LogP contribution in [-0.4, -0.2) is 28.7 Å². The molecule has 0 amide bonds. The first-order chi connectivity index (χ1) is 11.3. The van der Waals surface area contributed by atoms with Crippen LogP contribution in [0.3, 0.4) is 0 Å². The van der Waals surface area contributed by atoms with Crippen LogP contribution in [0.1, 0.15) is 6.92 Å². The summed E-state index contributed by atoms with van der Waals surface area (Å²) in [5.74, 6) is 2.01. The molecule has 0 atom stereocenters. The molecule has 116 valence electrons. The molecule has 0 saturated carbocycles. The molecular formula is C18H17N3O2. The van der Waals surface area contributed by atoms with Crippen LogP contribution in [-0.2, 0) is 0 Å². The molecule has 0 bridgehead atoms. The zero-order chi connectivity index (χ0) is 16.1. The Bertz CT molecular complexity index is 774. The van der Waals surface area contributed by atoms with Gasteiger partial charge in [0.15, 0.2) is 5.82 Å². The van der Waals surface area contributed by atoms with Crippen molar-refractivity contribution in [3.8, 4) is 34.3 Å². The van der Waals surface area contributed by atoms with Crippen LogP contribution >= 0.6 is 0 Å². The Hall–Kier alpha value is -2.95. The summed E-state index contributed by atoms with van der Waals surface area (Å²) in [4.78, 5) is 13.2. The lowest BCUT2D eigenvalue weighted by Crippen LogP contribution is -1.98. The van der Waals surface area contributed by atoms with E-state index in [1.807, 2.05) is 43.3 Å². The maximum absolute atomic E-state index is 5.58. The van der Waals surface area contributed by atoms with Crippen molar-refractivity contribution in [1.29, 1.82) is 0 Å². The molecule has 5 heteroatoms. The lowest BCUT2D eigenvalue weighted by Gasteiger charge is -2.09. The molecule has 0 saturated heterocycles. The number of benzene rings is 1. The van der Waals surface area contributed by atoms with Gasteiger partial charge in [-0.05, 0) is 43.3 Å². The molecule has 0 aliphatic carbocycles. The van der Waals surface area contributed by atoms with E-state index in [0.717, 1.165) is 22.6 Å². The van der Waals surface area contributed by atoms with E-state index >= 15 is 0 Å². The largest absolute Gasteiger partial charge is 0.497 e. The predicted octanol–water partition coefficient (Wildman–Crippen LogP) is 3.61. The monoisotopic (exact) mass is 307 g/mol.